The highest BCUT2D eigenvalue weighted by molar-refractivity contribution is 9.10. The minimum absolute atomic E-state index is 0.109. The topological polar surface area (TPSA) is 89.7 Å². The van der Waals surface area contributed by atoms with Crippen LogP contribution in [0.25, 0.3) is 6.08 Å². The zero-order valence-electron chi connectivity index (χ0n) is 17.4. The minimum Gasteiger partial charge on any atom is -0.444 e. The number of carbonyl (C=O) groups excluding carboxylic acids is 1. The van der Waals surface area contributed by atoms with Gasteiger partial charge in [-0.05, 0) is 75.9 Å². The van der Waals surface area contributed by atoms with E-state index >= 15 is 0 Å². The van der Waals surface area contributed by atoms with Crippen LogP contribution < -0.4 is 10.9 Å². The fourth-order valence-electron chi connectivity index (χ4n) is 2.47. The lowest BCUT2D eigenvalue weighted by Crippen LogP contribution is -2.41. The van der Waals surface area contributed by atoms with Crippen LogP contribution in [0.5, 0.6) is 0 Å². The monoisotopic (exact) mass is 454 g/mol. The van der Waals surface area contributed by atoms with E-state index in [1.165, 1.54) is 0 Å². The SMILES string of the molecule is CC(C)(C)OC(=O)NCC(=Cc1cc(Br)c[nH]c1=O)B1OC(C)(C)C(C)(C)O1. The van der Waals surface area contributed by atoms with Gasteiger partial charge in [-0.25, -0.2) is 4.79 Å². The van der Waals surface area contributed by atoms with Gasteiger partial charge in [-0.15, -0.1) is 0 Å². The molecule has 0 bridgehead atoms. The Morgan fingerprint density at radius 3 is 2.39 bits per heavy atom. The molecule has 0 aliphatic carbocycles. The van der Waals surface area contributed by atoms with Crippen molar-refractivity contribution in [3.05, 3.63) is 38.1 Å². The van der Waals surface area contributed by atoms with E-state index in [2.05, 4.69) is 26.2 Å². The quantitative estimate of drug-likeness (QED) is 0.677. The number of hydrogen-bond acceptors (Lipinski definition) is 5. The number of rotatable bonds is 4. The number of nitrogens with one attached hydrogen (secondary N) is 2. The molecule has 1 fully saturated rings. The zero-order chi connectivity index (χ0) is 21.3. The number of hydrogen-bond donors (Lipinski definition) is 2. The molecule has 0 aromatic carbocycles. The summed E-state index contributed by atoms with van der Waals surface area (Å²) in [5.41, 5.74) is -0.939. The van der Waals surface area contributed by atoms with E-state index in [1.54, 1.807) is 39.1 Å². The molecule has 2 rings (SSSR count). The standard InChI is InChI=1S/C19H28BBrN2O5/c1-17(2,3)26-16(25)23-10-13(8-12-9-14(21)11-22-15(12)24)20-27-18(4,5)19(6,7)28-20/h8-9,11H,10H2,1-7H3,(H,22,24)(H,23,25). The van der Waals surface area contributed by atoms with Crippen LogP contribution in [-0.4, -0.2) is 41.5 Å². The summed E-state index contributed by atoms with van der Waals surface area (Å²) in [6, 6.07) is 1.69. The van der Waals surface area contributed by atoms with Crippen LogP contribution in [0, 0.1) is 0 Å². The summed E-state index contributed by atoms with van der Waals surface area (Å²) in [7, 11) is -0.710. The van der Waals surface area contributed by atoms with Crippen LogP contribution in [-0.2, 0) is 14.0 Å². The van der Waals surface area contributed by atoms with Crippen molar-refractivity contribution >= 4 is 35.2 Å². The van der Waals surface area contributed by atoms with Crippen LogP contribution in [0.4, 0.5) is 4.79 Å². The fraction of sp³-hybridized carbons (Fsp3) is 0.579. The zero-order valence-corrected chi connectivity index (χ0v) is 19.0. The minimum atomic E-state index is -0.710. The van der Waals surface area contributed by atoms with Gasteiger partial charge < -0.3 is 24.3 Å². The van der Waals surface area contributed by atoms with Gasteiger partial charge in [0.1, 0.15) is 5.60 Å². The van der Waals surface area contributed by atoms with E-state index in [1.807, 2.05) is 27.7 Å². The van der Waals surface area contributed by atoms with Gasteiger partial charge in [0.15, 0.2) is 0 Å². The number of pyridine rings is 1. The maximum absolute atomic E-state index is 12.2. The summed E-state index contributed by atoms with van der Waals surface area (Å²) in [6.07, 6.45) is 2.67. The van der Waals surface area contributed by atoms with Gasteiger partial charge in [-0.3, -0.25) is 4.79 Å². The molecule has 1 aliphatic rings. The molecule has 7 nitrogen and oxygen atoms in total. The predicted molar refractivity (Wildman–Crippen MR) is 113 cm³/mol. The number of aromatic amines is 1. The number of H-pyrrole nitrogens is 1. The van der Waals surface area contributed by atoms with E-state index in [4.69, 9.17) is 14.0 Å². The van der Waals surface area contributed by atoms with Gasteiger partial charge >= 0.3 is 13.2 Å². The van der Waals surface area contributed by atoms with Gasteiger partial charge in [0.05, 0.1) is 11.2 Å². The highest BCUT2D eigenvalue weighted by atomic mass is 79.9. The molecule has 154 valence electrons. The maximum Gasteiger partial charge on any atom is 0.492 e. The number of alkyl carbamates (subject to hydrolysis) is 1. The third kappa shape index (κ3) is 5.72. The molecule has 1 amide bonds. The molecule has 0 spiro atoms. The van der Waals surface area contributed by atoms with Gasteiger partial charge in [0.2, 0.25) is 0 Å². The Hall–Kier alpha value is -1.58. The third-order valence-electron chi connectivity index (χ3n) is 4.63. The molecule has 0 atom stereocenters. The van der Waals surface area contributed by atoms with Crippen LogP contribution in [0.1, 0.15) is 54.0 Å². The van der Waals surface area contributed by atoms with Crippen molar-refractivity contribution in [2.24, 2.45) is 0 Å². The molecular formula is C19H28BBrN2O5. The number of ether oxygens (including phenoxy) is 1. The number of carbonyl (C=O) groups is 1. The van der Waals surface area contributed by atoms with Gasteiger partial charge in [0.25, 0.3) is 5.56 Å². The molecule has 1 saturated heterocycles. The lowest BCUT2D eigenvalue weighted by atomic mass is 9.77. The summed E-state index contributed by atoms with van der Waals surface area (Å²) in [5, 5.41) is 2.71. The molecule has 28 heavy (non-hydrogen) atoms. The largest absolute Gasteiger partial charge is 0.492 e. The Labute approximate surface area is 174 Å². The summed E-state index contributed by atoms with van der Waals surface area (Å²) >= 11 is 3.35. The second kappa shape index (κ2) is 8.04. The van der Waals surface area contributed by atoms with E-state index in [9.17, 15) is 9.59 Å². The van der Waals surface area contributed by atoms with Crippen molar-refractivity contribution < 1.29 is 18.8 Å². The van der Waals surface area contributed by atoms with Crippen LogP contribution in [0.3, 0.4) is 0 Å². The molecule has 9 heteroatoms. The summed E-state index contributed by atoms with van der Waals surface area (Å²) < 4.78 is 18.2. The van der Waals surface area contributed by atoms with E-state index in [0.717, 1.165) is 4.47 Å². The van der Waals surface area contributed by atoms with Crippen molar-refractivity contribution in [1.29, 1.82) is 0 Å². The number of halogens is 1. The molecule has 0 radical (unpaired) electrons. The molecule has 1 aliphatic heterocycles. The Bertz CT molecular complexity index is 810. The molecule has 2 N–H and O–H groups in total. The molecule has 0 unspecified atom stereocenters. The molecule has 1 aromatic rings. The highest BCUT2D eigenvalue weighted by Crippen LogP contribution is 2.38. The average molecular weight is 455 g/mol. The number of amides is 1. The Kier molecular flexibility index (Phi) is 6.52. The first kappa shape index (κ1) is 22.7. The lowest BCUT2D eigenvalue weighted by molar-refractivity contribution is 0.00578. The van der Waals surface area contributed by atoms with Crippen LogP contribution >= 0.6 is 15.9 Å². The Morgan fingerprint density at radius 2 is 1.86 bits per heavy atom. The van der Waals surface area contributed by atoms with E-state index in [-0.39, 0.29) is 12.1 Å². The predicted octanol–water partition coefficient (Wildman–Crippen LogP) is 3.68. The van der Waals surface area contributed by atoms with Gasteiger partial charge in [-0.2, -0.15) is 0 Å². The molecular weight excluding hydrogens is 427 g/mol. The normalized spacial score (nSPS) is 18.9. The highest BCUT2D eigenvalue weighted by Gasteiger charge is 2.52. The van der Waals surface area contributed by atoms with Gasteiger partial charge in [-0.1, -0.05) is 6.08 Å². The Balaban J connectivity index is 2.31. The van der Waals surface area contributed by atoms with Crippen LogP contribution in [0.15, 0.2) is 27.0 Å². The molecule has 2 heterocycles. The molecule has 0 saturated carbocycles. The molecule has 1 aromatic heterocycles. The first-order valence-corrected chi connectivity index (χ1v) is 9.91. The summed E-state index contributed by atoms with van der Waals surface area (Å²) in [5.74, 6) is 0. The van der Waals surface area contributed by atoms with Crippen molar-refractivity contribution in [1.82, 2.24) is 10.3 Å². The first-order valence-electron chi connectivity index (χ1n) is 9.11. The van der Waals surface area contributed by atoms with Crippen LogP contribution in [0.2, 0.25) is 0 Å². The Morgan fingerprint density at radius 1 is 1.29 bits per heavy atom. The number of aromatic nitrogens is 1. The second-order valence-electron chi connectivity index (χ2n) is 8.77. The van der Waals surface area contributed by atoms with E-state index in [0.29, 0.717) is 11.0 Å². The third-order valence-corrected chi connectivity index (χ3v) is 5.09. The van der Waals surface area contributed by atoms with E-state index < -0.39 is 30.0 Å². The van der Waals surface area contributed by atoms with Gasteiger partial charge in [0, 0.05) is 22.8 Å². The van der Waals surface area contributed by atoms with Crippen molar-refractivity contribution in [3.63, 3.8) is 0 Å². The lowest BCUT2D eigenvalue weighted by Gasteiger charge is -2.32. The fourth-order valence-corrected chi connectivity index (χ4v) is 2.83. The maximum atomic E-state index is 12.2. The summed E-state index contributed by atoms with van der Waals surface area (Å²) in [4.78, 5) is 26.9. The smallest absolute Gasteiger partial charge is 0.444 e. The van der Waals surface area contributed by atoms with Crippen molar-refractivity contribution in [3.8, 4) is 0 Å². The van der Waals surface area contributed by atoms with Crippen molar-refractivity contribution in [2.45, 2.75) is 65.3 Å². The second-order valence-corrected chi connectivity index (χ2v) is 9.68. The first-order chi connectivity index (χ1) is 12.7. The average Bonchev–Trinajstić information content (AvgIpc) is 2.73. The van der Waals surface area contributed by atoms with Crippen molar-refractivity contribution in [2.75, 3.05) is 6.54 Å². The summed E-state index contributed by atoms with van der Waals surface area (Å²) in [6.45, 7) is 13.2.